The molecule has 7 nitrogen and oxygen atoms in total. The summed E-state index contributed by atoms with van der Waals surface area (Å²) in [4.78, 5) is 19.1. The molecule has 0 aromatic carbocycles. The van der Waals surface area contributed by atoms with E-state index in [1.807, 2.05) is 17.2 Å². The number of likely N-dealkylation sites (tertiary alicyclic amines) is 1. The Morgan fingerprint density at radius 3 is 2.90 bits per heavy atom. The summed E-state index contributed by atoms with van der Waals surface area (Å²) >= 11 is 1.48. The standard InChI is InChI=1S/C20H29N3O4S2/c1-13-22-17(10-28-13)19(24)23-9-16-15(18-6-7-20(16,12-23)27-18)8-21-29(25,26)11-14-4-2-3-5-14/h10,14-16,18,21H,2-9,11-12H2,1H3/t15-,16+,18+,20+/m0/s1. The number of fused-ring (bicyclic) bond motifs is 1. The van der Waals surface area contributed by atoms with Gasteiger partial charge in [0.15, 0.2) is 0 Å². The third kappa shape index (κ3) is 3.64. The summed E-state index contributed by atoms with van der Waals surface area (Å²) in [6, 6.07) is 0. The maximum atomic E-state index is 12.9. The minimum atomic E-state index is -3.27. The Morgan fingerprint density at radius 2 is 2.17 bits per heavy atom. The fourth-order valence-corrected chi connectivity index (χ4v) is 8.12. The van der Waals surface area contributed by atoms with Crippen LogP contribution in [0.3, 0.4) is 0 Å². The topological polar surface area (TPSA) is 88.6 Å². The molecule has 1 N–H and O–H groups in total. The molecule has 1 spiro atoms. The quantitative estimate of drug-likeness (QED) is 0.734. The first-order valence-corrected chi connectivity index (χ1v) is 13.2. The fraction of sp³-hybridized carbons (Fsp3) is 0.800. The minimum Gasteiger partial charge on any atom is -0.369 e. The predicted octanol–water partition coefficient (Wildman–Crippen LogP) is 2.18. The van der Waals surface area contributed by atoms with Crippen LogP contribution < -0.4 is 4.72 Å². The summed E-state index contributed by atoms with van der Waals surface area (Å²) < 4.78 is 34.4. The molecule has 0 radical (unpaired) electrons. The van der Waals surface area contributed by atoms with E-state index in [0.29, 0.717) is 31.2 Å². The van der Waals surface area contributed by atoms with Gasteiger partial charge in [0.1, 0.15) is 5.69 Å². The molecule has 3 saturated heterocycles. The highest BCUT2D eigenvalue weighted by molar-refractivity contribution is 7.89. The van der Waals surface area contributed by atoms with E-state index in [-0.39, 0.29) is 35.2 Å². The second kappa shape index (κ2) is 7.28. The van der Waals surface area contributed by atoms with Crippen molar-refractivity contribution in [1.82, 2.24) is 14.6 Å². The van der Waals surface area contributed by atoms with Gasteiger partial charge in [-0.25, -0.2) is 18.1 Å². The van der Waals surface area contributed by atoms with Crippen molar-refractivity contribution in [3.8, 4) is 0 Å². The zero-order valence-corrected chi connectivity index (χ0v) is 18.4. The number of nitrogens with one attached hydrogen (secondary N) is 1. The Kier molecular flexibility index (Phi) is 5.00. The van der Waals surface area contributed by atoms with Crippen LogP contribution in [-0.2, 0) is 14.8 Å². The lowest BCUT2D eigenvalue weighted by atomic mass is 9.74. The number of hydrogen-bond donors (Lipinski definition) is 1. The number of amides is 1. The number of hydrogen-bond acceptors (Lipinski definition) is 6. The van der Waals surface area contributed by atoms with Crippen LogP contribution in [0.25, 0.3) is 0 Å². The Balaban J connectivity index is 1.25. The number of rotatable bonds is 6. The van der Waals surface area contributed by atoms with Crippen molar-refractivity contribution in [2.24, 2.45) is 17.8 Å². The van der Waals surface area contributed by atoms with Gasteiger partial charge < -0.3 is 9.64 Å². The third-order valence-electron chi connectivity index (χ3n) is 7.38. The summed E-state index contributed by atoms with van der Waals surface area (Å²) in [7, 11) is -3.27. The summed E-state index contributed by atoms with van der Waals surface area (Å²) in [5, 5.41) is 2.70. The van der Waals surface area contributed by atoms with Gasteiger partial charge in [0, 0.05) is 30.3 Å². The molecular formula is C20H29N3O4S2. The number of nitrogens with zero attached hydrogens (tertiary/aromatic N) is 2. The van der Waals surface area contributed by atoms with Gasteiger partial charge in [-0.3, -0.25) is 4.79 Å². The molecule has 3 aliphatic heterocycles. The maximum Gasteiger partial charge on any atom is 0.273 e. The summed E-state index contributed by atoms with van der Waals surface area (Å²) in [5.74, 6) is 0.840. The molecule has 4 heterocycles. The molecule has 1 amide bonds. The van der Waals surface area contributed by atoms with E-state index < -0.39 is 10.0 Å². The molecule has 4 atom stereocenters. The lowest BCUT2D eigenvalue weighted by Gasteiger charge is -2.29. The molecule has 1 aliphatic carbocycles. The molecule has 1 saturated carbocycles. The molecule has 4 fully saturated rings. The van der Waals surface area contributed by atoms with Gasteiger partial charge in [0.05, 0.1) is 29.0 Å². The first-order chi connectivity index (χ1) is 13.9. The average molecular weight is 440 g/mol. The van der Waals surface area contributed by atoms with Crippen molar-refractivity contribution in [2.75, 3.05) is 25.4 Å². The predicted molar refractivity (Wildman–Crippen MR) is 110 cm³/mol. The van der Waals surface area contributed by atoms with Gasteiger partial charge in [-0.15, -0.1) is 11.3 Å². The molecule has 1 aromatic heterocycles. The lowest BCUT2D eigenvalue weighted by Crippen LogP contribution is -2.42. The molecule has 4 aliphatic rings. The van der Waals surface area contributed by atoms with Crippen LogP contribution in [-0.4, -0.2) is 61.3 Å². The van der Waals surface area contributed by atoms with Gasteiger partial charge in [0.25, 0.3) is 5.91 Å². The molecular weight excluding hydrogens is 410 g/mol. The smallest absolute Gasteiger partial charge is 0.273 e. The highest BCUT2D eigenvalue weighted by atomic mass is 32.2. The van der Waals surface area contributed by atoms with Crippen molar-refractivity contribution >= 4 is 27.3 Å². The number of carbonyl (C=O) groups excluding carboxylic acids is 1. The van der Waals surface area contributed by atoms with Crippen molar-refractivity contribution in [3.05, 3.63) is 16.1 Å². The van der Waals surface area contributed by atoms with Crippen molar-refractivity contribution in [2.45, 2.75) is 57.2 Å². The van der Waals surface area contributed by atoms with Crippen molar-refractivity contribution in [1.29, 1.82) is 0 Å². The Bertz CT molecular complexity index is 895. The van der Waals surface area contributed by atoms with Crippen LogP contribution in [0.4, 0.5) is 0 Å². The van der Waals surface area contributed by atoms with Gasteiger partial charge in [-0.05, 0) is 38.5 Å². The number of thiazole rings is 1. The van der Waals surface area contributed by atoms with Gasteiger partial charge >= 0.3 is 0 Å². The zero-order chi connectivity index (χ0) is 20.2. The lowest BCUT2D eigenvalue weighted by molar-refractivity contribution is 0.00320. The van der Waals surface area contributed by atoms with Crippen LogP contribution in [0.2, 0.25) is 0 Å². The maximum absolute atomic E-state index is 12.9. The van der Waals surface area contributed by atoms with Crippen molar-refractivity contribution in [3.63, 3.8) is 0 Å². The van der Waals surface area contributed by atoms with Gasteiger partial charge in [-0.2, -0.15) is 0 Å². The van der Waals surface area contributed by atoms with Crippen molar-refractivity contribution < 1.29 is 17.9 Å². The van der Waals surface area contributed by atoms with E-state index >= 15 is 0 Å². The third-order valence-corrected chi connectivity index (χ3v) is 9.67. The van der Waals surface area contributed by atoms with E-state index in [1.165, 1.54) is 11.3 Å². The second-order valence-electron chi connectivity index (χ2n) is 9.25. The molecule has 160 valence electrons. The van der Waals surface area contributed by atoms with E-state index in [2.05, 4.69) is 9.71 Å². The monoisotopic (exact) mass is 439 g/mol. The number of ether oxygens (including phenoxy) is 1. The highest BCUT2D eigenvalue weighted by Crippen LogP contribution is 2.54. The minimum absolute atomic E-state index is 0.0364. The fourth-order valence-electron chi connectivity index (χ4n) is 6.01. The Morgan fingerprint density at radius 1 is 1.38 bits per heavy atom. The largest absolute Gasteiger partial charge is 0.369 e. The number of aryl methyl sites for hydroxylation is 1. The highest BCUT2D eigenvalue weighted by Gasteiger charge is 2.63. The summed E-state index contributed by atoms with van der Waals surface area (Å²) in [5.41, 5.74) is 0.208. The Labute approximate surface area is 176 Å². The molecule has 0 unspecified atom stereocenters. The van der Waals surface area contributed by atoms with Crippen LogP contribution in [0.15, 0.2) is 5.38 Å². The molecule has 2 bridgehead atoms. The van der Waals surface area contributed by atoms with E-state index in [1.54, 1.807) is 0 Å². The van der Waals surface area contributed by atoms with Crippen LogP contribution in [0.1, 0.15) is 54.0 Å². The normalized spacial score (nSPS) is 34.2. The number of sulfonamides is 1. The van der Waals surface area contributed by atoms with Gasteiger partial charge in [-0.1, -0.05) is 12.8 Å². The SMILES string of the molecule is Cc1nc(C(=O)N2C[C@@H]3[C@H](CNS(=O)(=O)CC4CCCC4)[C@H]4CC[C@]3(C2)O4)cs1. The van der Waals surface area contributed by atoms with Crippen LogP contribution >= 0.6 is 11.3 Å². The Hall–Kier alpha value is -1.03. The number of carbonyl (C=O) groups is 1. The molecule has 29 heavy (non-hydrogen) atoms. The van der Waals surface area contributed by atoms with E-state index in [9.17, 15) is 13.2 Å². The summed E-state index contributed by atoms with van der Waals surface area (Å²) in [6.07, 6.45) is 6.34. The van der Waals surface area contributed by atoms with Gasteiger partial charge in [0.2, 0.25) is 10.0 Å². The molecule has 9 heteroatoms. The average Bonchev–Trinajstić information content (AvgIpc) is 3.46. The molecule has 5 rings (SSSR count). The number of aromatic nitrogens is 1. The van der Waals surface area contributed by atoms with Crippen LogP contribution in [0, 0.1) is 24.7 Å². The summed E-state index contributed by atoms with van der Waals surface area (Å²) in [6.45, 7) is 3.54. The zero-order valence-electron chi connectivity index (χ0n) is 16.8. The second-order valence-corrected chi connectivity index (χ2v) is 12.2. The van der Waals surface area contributed by atoms with E-state index in [4.69, 9.17) is 4.74 Å². The first kappa shape index (κ1) is 19.9. The van der Waals surface area contributed by atoms with Crippen LogP contribution in [0.5, 0.6) is 0 Å². The molecule has 1 aromatic rings. The first-order valence-electron chi connectivity index (χ1n) is 10.7. The van der Waals surface area contributed by atoms with E-state index in [0.717, 1.165) is 43.5 Å².